The van der Waals surface area contributed by atoms with Crippen molar-refractivity contribution in [3.63, 3.8) is 0 Å². The number of nitrogens with zero attached hydrogens (tertiary/aromatic N) is 3. The van der Waals surface area contributed by atoms with Crippen LogP contribution in [0.1, 0.15) is 49.9 Å². The molecule has 35 heavy (non-hydrogen) atoms. The second-order valence-corrected chi connectivity index (χ2v) is 9.05. The van der Waals surface area contributed by atoms with Crippen LogP contribution in [0, 0.1) is 0 Å². The van der Waals surface area contributed by atoms with Gasteiger partial charge in [-0.15, -0.1) is 0 Å². The number of hydrogen-bond donors (Lipinski definition) is 0. The number of methoxy groups -OCH3 is 1. The van der Waals surface area contributed by atoms with Gasteiger partial charge in [0.05, 0.1) is 12.7 Å². The van der Waals surface area contributed by atoms with E-state index in [1.165, 1.54) is 0 Å². The molecule has 1 saturated heterocycles. The van der Waals surface area contributed by atoms with Crippen LogP contribution in [0.5, 0.6) is 5.75 Å². The topological polar surface area (TPSA) is 71.8 Å². The highest BCUT2D eigenvalue weighted by Gasteiger charge is 2.30. The first-order valence-electron chi connectivity index (χ1n) is 12.3. The third kappa shape index (κ3) is 5.09. The fourth-order valence-electron chi connectivity index (χ4n) is 4.82. The second-order valence-electron chi connectivity index (χ2n) is 9.05. The van der Waals surface area contributed by atoms with Gasteiger partial charge in [-0.1, -0.05) is 31.5 Å². The zero-order chi connectivity index (χ0) is 24.9. The fourth-order valence-corrected chi connectivity index (χ4v) is 4.82. The van der Waals surface area contributed by atoms with Gasteiger partial charge in [0.2, 0.25) is 5.91 Å². The highest BCUT2D eigenvalue weighted by atomic mass is 16.5. The van der Waals surface area contributed by atoms with Gasteiger partial charge in [0.1, 0.15) is 5.75 Å². The van der Waals surface area contributed by atoms with Gasteiger partial charge < -0.3 is 14.5 Å². The molecule has 2 aromatic carbocycles. The van der Waals surface area contributed by atoms with E-state index in [1.54, 1.807) is 43.0 Å². The number of fused-ring (bicyclic) bond motifs is 1. The van der Waals surface area contributed by atoms with Crippen LogP contribution in [0.25, 0.3) is 16.5 Å². The first-order valence-corrected chi connectivity index (χ1v) is 12.3. The number of rotatable bonds is 7. The summed E-state index contributed by atoms with van der Waals surface area (Å²) < 4.78 is 6.80. The van der Waals surface area contributed by atoms with E-state index in [-0.39, 0.29) is 23.4 Å². The minimum Gasteiger partial charge on any atom is -0.497 e. The van der Waals surface area contributed by atoms with E-state index in [0.717, 1.165) is 25.7 Å². The molecule has 7 heteroatoms. The molecule has 7 nitrogen and oxygen atoms in total. The molecule has 1 aromatic heterocycles. The van der Waals surface area contributed by atoms with Crippen LogP contribution in [0.15, 0.2) is 59.5 Å². The number of carbonyl (C=O) groups is 2. The lowest BCUT2D eigenvalue weighted by molar-refractivity contribution is -0.130. The Hall–Kier alpha value is -3.61. The van der Waals surface area contributed by atoms with Crippen LogP contribution in [0.3, 0.4) is 0 Å². The van der Waals surface area contributed by atoms with Gasteiger partial charge in [-0.3, -0.25) is 19.0 Å². The molecule has 2 heterocycles. The lowest BCUT2D eigenvalue weighted by Crippen LogP contribution is -2.49. The Kier molecular flexibility index (Phi) is 7.54. The van der Waals surface area contributed by atoms with E-state index in [2.05, 4.69) is 6.92 Å². The number of piperidine rings is 1. The van der Waals surface area contributed by atoms with Crippen LogP contribution < -0.4 is 10.3 Å². The van der Waals surface area contributed by atoms with Crippen molar-refractivity contribution < 1.29 is 14.3 Å². The Morgan fingerprint density at radius 1 is 1.03 bits per heavy atom. The summed E-state index contributed by atoms with van der Waals surface area (Å²) in [4.78, 5) is 43.1. The van der Waals surface area contributed by atoms with E-state index in [1.807, 2.05) is 40.1 Å². The number of pyridine rings is 1. The van der Waals surface area contributed by atoms with Gasteiger partial charge in [-0.25, -0.2) is 0 Å². The molecule has 0 radical (unpaired) electrons. The molecule has 0 atom stereocenters. The number of benzene rings is 2. The van der Waals surface area contributed by atoms with E-state index >= 15 is 0 Å². The smallest absolute Gasteiger partial charge is 0.262 e. The molecular weight excluding hydrogens is 442 g/mol. The quantitative estimate of drug-likeness (QED) is 0.512. The van der Waals surface area contributed by atoms with E-state index in [4.69, 9.17) is 4.74 Å². The summed E-state index contributed by atoms with van der Waals surface area (Å²) in [6.45, 7) is 5.66. The zero-order valence-corrected chi connectivity index (χ0v) is 20.7. The van der Waals surface area contributed by atoms with Crippen LogP contribution in [0.2, 0.25) is 0 Å². The molecular formula is C28H33N3O4. The molecule has 2 amide bonds. The van der Waals surface area contributed by atoms with Crippen molar-refractivity contribution in [1.29, 1.82) is 0 Å². The van der Waals surface area contributed by atoms with Crippen LogP contribution >= 0.6 is 0 Å². The summed E-state index contributed by atoms with van der Waals surface area (Å²) in [7, 11) is 1.60. The minimum absolute atomic E-state index is 0.0600. The molecule has 1 fully saturated rings. The molecule has 0 unspecified atom stereocenters. The number of aromatic nitrogens is 1. The predicted molar refractivity (Wildman–Crippen MR) is 137 cm³/mol. The van der Waals surface area contributed by atoms with Crippen LogP contribution in [-0.2, 0) is 4.79 Å². The number of carbonyl (C=O) groups excluding carboxylic acids is 2. The number of hydrogen-bond acceptors (Lipinski definition) is 4. The Bertz CT molecular complexity index is 1260. The van der Waals surface area contributed by atoms with Gasteiger partial charge in [0, 0.05) is 55.3 Å². The van der Waals surface area contributed by atoms with Crippen molar-refractivity contribution in [2.45, 2.75) is 45.6 Å². The Morgan fingerprint density at radius 2 is 1.69 bits per heavy atom. The predicted octanol–water partition coefficient (Wildman–Crippen LogP) is 4.25. The maximum Gasteiger partial charge on any atom is 0.262 e. The Balaban J connectivity index is 1.77. The molecule has 1 aliphatic heterocycles. The summed E-state index contributed by atoms with van der Waals surface area (Å²) in [5, 5.41) is 1.17. The molecule has 184 valence electrons. The van der Waals surface area contributed by atoms with Crippen molar-refractivity contribution in [3.8, 4) is 11.4 Å². The molecule has 1 aliphatic rings. The SMILES string of the molecule is CCCCN(C(=O)c1cn(-c2ccc(OC)cc2)c(=O)c2ccccc12)C1CCN(C(C)=O)CC1. The average Bonchev–Trinajstić information content (AvgIpc) is 2.89. The average molecular weight is 476 g/mol. The first kappa shape index (κ1) is 24.5. The maximum absolute atomic E-state index is 14.1. The monoisotopic (exact) mass is 475 g/mol. The number of likely N-dealkylation sites (tertiary alicyclic amines) is 1. The van der Waals surface area contributed by atoms with Gasteiger partial charge in [-0.05, 0) is 49.6 Å². The summed E-state index contributed by atoms with van der Waals surface area (Å²) >= 11 is 0. The number of amides is 2. The molecule has 0 spiro atoms. The lowest BCUT2D eigenvalue weighted by atomic mass is 10.00. The normalized spacial score (nSPS) is 14.2. The molecule has 0 saturated carbocycles. The van der Waals surface area contributed by atoms with Crippen molar-refractivity contribution in [2.75, 3.05) is 26.7 Å². The maximum atomic E-state index is 14.1. The van der Waals surface area contributed by atoms with Crippen LogP contribution in [0.4, 0.5) is 0 Å². The molecule has 4 rings (SSSR count). The summed E-state index contributed by atoms with van der Waals surface area (Å²) in [6, 6.07) is 14.6. The van der Waals surface area contributed by atoms with E-state index < -0.39 is 0 Å². The van der Waals surface area contributed by atoms with Gasteiger partial charge in [0.15, 0.2) is 0 Å². The van der Waals surface area contributed by atoms with E-state index in [9.17, 15) is 14.4 Å². The third-order valence-electron chi connectivity index (χ3n) is 6.87. The second kappa shape index (κ2) is 10.8. The molecule has 0 bridgehead atoms. The van der Waals surface area contributed by atoms with Crippen molar-refractivity contribution in [3.05, 3.63) is 70.6 Å². The minimum atomic E-state index is -0.169. The standard InChI is InChI=1S/C28H33N3O4/c1-4-5-16-30(22-14-17-29(18-15-22)20(2)32)28(34)26-19-31(21-10-12-23(35-3)13-11-21)27(33)25-9-7-6-8-24(25)26/h6-13,19,22H,4-5,14-18H2,1-3H3. The molecule has 0 aliphatic carbocycles. The summed E-state index contributed by atoms with van der Waals surface area (Å²) in [5.74, 6) is 0.701. The third-order valence-corrected chi connectivity index (χ3v) is 6.87. The zero-order valence-electron chi connectivity index (χ0n) is 20.7. The molecule has 3 aromatic rings. The Morgan fingerprint density at radius 3 is 2.29 bits per heavy atom. The van der Waals surface area contributed by atoms with Gasteiger partial charge in [0.25, 0.3) is 11.5 Å². The lowest BCUT2D eigenvalue weighted by Gasteiger charge is -2.38. The summed E-state index contributed by atoms with van der Waals surface area (Å²) in [6.07, 6.45) is 5.06. The van der Waals surface area contributed by atoms with Crippen molar-refractivity contribution in [2.24, 2.45) is 0 Å². The van der Waals surface area contributed by atoms with Crippen molar-refractivity contribution in [1.82, 2.24) is 14.4 Å². The molecule has 0 N–H and O–H groups in total. The summed E-state index contributed by atoms with van der Waals surface area (Å²) in [5.41, 5.74) is 1.02. The van der Waals surface area contributed by atoms with Crippen molar-refractivity contribution >= 4 is 22.6 Å². The Labute approximate surface area is 205 Å². The largest absolute Gasteiger partial charge is 0.497 e. The van der Waals surface area contributed by atoms with Gasteiger partial charge >= 0.3 is 0 Å². The van der Waals surface area contributed by atoms with Crippen LogP contribution in [-0.4, -0.2) is 59.0 Å². The highest BCUT2D eigenvalue weighted by Crippen LogP contribution is 2.24. The fraction of sp³-hybridized carbons (Fsp3) is 0.393. The number of unbranched alkanes of at least 4 members (excludes halogenated alkanes) is 1. The first-order chi connectivity index (χ1) is 16.9. The van der Waals surface area contributed by atoms with E-state index in [0.29, 0.717) is 47.4 Å². The number of ether oxygens (including phenoxy) is 1. The van der Waals surface area contributed by atoms with Gasteiger partial charge in [-0.2, -0.15) is 0 Å². The highest BCUT2D eigenvalue weighted by molar-refractivity contribution is 6.06.